The van der Waals surface area contributed by atoms with Gasteiger partial charge in [-0.05, 0) is 6.92 Å². The Labute approximate surface area is 108 Å². The normalized spacial score (nSPS) is 12.3. The fourth-order valence-electron chi connectivity index (χ4n) is 1.44. The van der Waals surface area contributed by atoms with E-state index in [-0.39, 0.29) is 5.78 Å². The summed E-state index contributed by atoms with van der Waals surface area (Å²) in [6.07, 6.45) is -0.446. The van der Waals surface area contributed by atoms with E-state index in [2.05, 4.69) is 0 Å². The summed E-state index contributed by atoms with van der Waals surface area (Å²) in [6.45, 7) is 3.74. The van der Waals surface area contributed by atoms with Gasteiger partial charge in [0.25, 0.3) is 0 Å². The number of rotatable bonds is 9. The third-order valence-corrected chi connectivity index (χ3v) is 2.45. The van der Waals surface area contributed by atoms with Gasteiger partial charge in [0, 0.05) is 12.7 Å². The number of ketones is 1. The molecule has 0 bridgehead atoms. The van der Waals surface area contributed by atoms with Crippen molar-refractivity contribution in [2.75, 3.05) is 33.5 Å². The molecule has 0 radical (unpaired) electrons. The molecule has 0 fully saturated rings. The van der Waals surface area contributed by atoms with Crippen molar-refractivity contribution in [3.05, 3.63) is 35.9 Å². The van der Waals surface area contributed by atoms with Gasteiger partial charge in [-0.1, -0.05) is 30.3 Å². The Bertz CT molecular complexity index is 337. The second-order valence-corrected chi connectivity index (χ2v) is 3.85. The van der Waals surface area contributed by atoms with Crippen LogP contribution in [0.2, 0.25) is 0 Å². The molecule has 1 rings (SSSR count). The first kappa shape index (κ1) is 14.8. The molecular formula is C14H20O4. The number of carbonyl (C=O) groups is 1. The van der Waals surface area contributed by atoms with Crippen LogP contribution in [0.4, 0.5) is 0 Å². The Hall–Kier alpha value is -1.23. The lowest BCUT2D eigenvalue weighted by atomic mass is 10.1. The highest BCUT2D eigenvalue weighted by molar-refractivity contribution is 5.99. The molecule has 4 nitrogen and oxygen atoms in total. The minimum Gasteiger partial charge on any atom is -0.382 e. The molecule has 1 unspecified atom stereocenters. The predicted molar refractivity (Wildman–Crippen MR) is 68.9 cm³/mol. The van der Waals surface area contributed by atoms with Crippen molar-refractivity contribution >= 4 is 5.78 Å². The fraction of sp³-hybridized carbons (Fsp3) is 0.500. The zero-order valence-corrected chi connectivity index (χ0v) is 10.9. The van der Waals surface area contributed by atoms with Crippen LogP contribution in [0.25, 0.3) is 0 Å². The van der Waals surface area contributed by atoms with E-state index >= 15 is 0 Å². The lowest BCUT2D eigenvalue weighted by Crippen LogP contribution is -2.23. The summed E-state index contributed by atoms with van der Waals surface area (Å²) in [5, 5.41) is 0. The van der Waals surface area contributed by atoms with Gasteiger partial charge in [-0.3, -0.25) is 4.79 Å². The van der Waals surface area contributed by atoms with Crippen LogP contribution < -0.4 is 0 Å². The molecule has 1 aromatic rings. The van der Waals surface area contributed by atoms with Crippen molar-refractivity contribution in [1.82, 2.24) is 0 Å². The van der Waals surface area contributed by atoms with E-state index in [4.69, 9.17) is 14.2 Å². The molecule has 0 amide bonds. The van der Waals surface area contributed by atoms with Crippen molar-refractivity contribution in [2.45, 2.75) is 13.0 Å². The monoisotopic (exact) mass is 252 g/mol. The van der Waals surface area contributed by atoms with Gasteiger partial charge in [0.05, 0.1) is 26.4 Å². The second-order valence-electron chi connectivity index (χ2n) is 3.85. The second kappa shape index (κ2) is 8.80. The number of hydrogen-bond donors (Lipinski definition) is 0. The predicted octanol–water partition coefficient (Wildman–Crippen LogP) is 1.94. The number of benzene rings is 1. The summed E-state index contributed by atoms with van der Waals surface area (Å²) in [7, 11) is 1.63. The van der Waals surface area contributed by atoms with E-state index in [1.807, 2.05) is 18.2 Å². The van der Waals surface area contributed by atoms with E-state index in [1.54, 1.807) is 26.2 Å². The molecule has 0 heterocycles. The third-order valence-electron chi connectivity index (χ3n) is 2.45. The lowest BCUT2D eigenvalue weighted by molar-refractivity contribution is 0.00355. The van der Waals surface area contributed by atoms with Gasteiger partial charge < -0.3 is 14.2 Å². The number of methoxy groups -OCH3 is 1. The Morgan fingerprint density at radius 1 is 1.11 bits per heavy atom. The van der Waals surface area contributed by atoms with Crippen LogP contribution in [0.15, 0.2) is 30.3 Å². The van der Waals surface area contributed by atoms with E-state index in [0.29, 0.717) is 32.0 Å². The highest BCUT2D eigenvalue weighted by Crippen LogP contribution is 2.05. The van der Waals surface area contributed by atoms with Gasteiger partial charge in [0.15, 0.2) is 5.78 Å². The van der Waals surface area contributed by atoms with Crippen molar-refractivity contribution in [2.24, 2.45) is 0 Å². The van der Waals surface area contributed by atoms with Gasteiger partial charge in [0.1, 0.15) is 6.10 Å². The van der Waals surface area contributed by atoms with Crippen molar-refractivity contribution < 1.29 is 19.0 Å². The topological polar surface area (TPSA) is 44.8 Å². The standard InChI is InChI=1S/C14H20O4/c1-12(18-11-10-17-9-8-16-2)14(15)13-6-4-3-5-7-13/h3-7,12H,8-11H2,1-2H3. The van der Waals surface area contributed by atoms with Crippen LogP contribution >= 0.6 is 0 Å². The summed E-state index contributed by atoms with van der Waals surface area (Å²) >= 11 is 0. The minimum atomic E-state index is -0.446. The average Bonchev–Trinajstić information content (AvgIpc) is 2.42. The van der Waals surface area contributed by atoms with Crippen LogP contribution in [-0.2, 0) is 14.2 Å². The SMILES string of the molecule is COCCOCCOC(C)C(=O)c1ccccc1. The molecule has 1 aromatic carbocycles. The Morgan fingerprint density at radius 3 is 2.44 bits per heavy atom. The maximum atomic E-state index is 11.9. The van der Waals surface area contributed by atoms with Crippen molar-refractivity contribution in [3.63, 3.8) is 0 Å². The van der Waals surface area contributed by atoms with E-state index in [0.717, 1.165) is 0 Å². The van der Waals surface area contributed by atoms with Gasteiger partial charge in [-0.25, -0.2) is 0 Å². The molecule has 0 spiro atoms. The highest BCUT2D eigenvalue weighted by atomic mass is 16.5. The highest BCUT2D eigenvalue weighted by Gasteiger charge is 2.14. The summed E-state index contributed by atoms with van der Waals surface area (Å²) in [6, 6.07) is 9.14. The quantitative estimate of drug-likeness (QED) is 0.497. The zero-order chi connectivity index (χ0) is 13.2. The zero-order valence-electron chi connectivity index (χ0n) is 10.9. The largest absolute Gasteiger partial charge is 0.382 e. The summed E-state index contributed by atoms with van der Waals surface area (Å²) < 4.78 is 15.5. The smallest absolute Gasteiger partial charge is 0.191 e. The molecule has 18 heavy (non-hydrogen) atoms. The molecule has 0 aliphatic rings. The van der Waals surface area contributed by atoms with E-state index in [1.165, 1.54) is 0 Å². The number of carbonyl (C=O) groups excluding carboxylic acids is 1. The molecule has 0 saturated carbocycles. The summed E-state index contributed by atoms with van der Waals surface area (Å²) in [5.74, 6) is -0.00695. The maximum Gasteiger partial charge on any atom is 0.191 e. The Balaban J connectivity index is 2.20. The Morgan fingerprint density at radius 2 is 1.78 bits per heavy atom. The fourth-order valence-corrected chi connectivity index (χ4v) is 1.44. The summed E-state index contributed by atoms with van der Waals surface area (Å²) in [4.78, 5) is 11.9. The maximum absolute atomic E-state index is 11.9. The van der Waals surface area contributed by atoms with Crippen molar-refractivity contribution in [3.8, 4) is 0 Å². The van der Waals surface area contributed by atoms with Crippen LogP contribution in [0.3, 0.4) is 0 Å². The molecule has 4 heteroatoms. The van der Waals surface area contributed by atoms with E-state index in [9.17, 15) is 4.79 Å². The van der Waals surface area contributed by atoms with Gasteiger partial charge in [0.2, 0.25) is 0 Å². The van der Waals surface area contributed by atoms with Gasteiger partial charge in [-0.15, -0.1) is 0 Å². The van der Waals surface area contributed by atoms with E-state index < -0.39 is 6.10 Å². The number of hydrogen-bond acceptors (Lipinski definition) is 4. The van der Waals surface area contributed by atoms with Crippen molar-refractivity contribution in [1.29, 1.82) is 0 Å². The first-order valence-corrected chi connectivity index (χ1v) is 6.03. The molecule has 0 aromatic heterocycles. The van der Waals surface area contributed by atoms with Crippen LogP contribution in [0.5, 0.6) is 0 Å². The molecule has 0 aliphatic carbocycles. The third kappa shape index (κ3) is 5.40. The lowest BCUT2D eigenvalue weighted by Gasteiger charge is -2.12. The molecule has 1 atom stereocenters. The summed E-state index contributed by atoms with van der Waals surface area (Å²) in [5.41, 5.74) is 0.672. The Kier molecular flexibility index (Phi) is 7.25. The molecular weight excluding hydrogens is 232 g/mol. The number of Topliss-reactive ketones (excluding diaryl/α,β-unsaturated/α-hetero) is 1. The van der Waals surface area contributed by atoms with Gasteiger partial charge in [-0.2, -0.15) is 0 Å². The number of ether oxygens (including phenoxy) is 3. The molecule has 0 N–H and O–H groups in total. The first-order chi connectivity index (χ1) is 8.75. The molecule has 100 valence electrons. The molecule has 0 saturated heterocycles. The van der Waals surface area contributed by atoms with Crippen LogP contribution in [0.1, 0.15) is 17.3 Å². The average molecular weight is 252 g/mol. The molecule has 0 aliphatic heterocycles. The minimum absolute atomic E-state index is 0.00695. The van der Waals surface area contributed by atoms with Crippen LogP contribution in [0, 0.1) is 0 Å². The first-order valence-electron chi connectivity index (χ1n) is 6.03. The van der Waals surface area contributed by atoms with Crippen LogP contribution in [-0.4, -0.2) is 45.4 Å². The van der Waals surface area contributed by atoms with Gasteiger partial charge >= 0.3 is 0 Å².